The predicted molar refractivity (Wildman–Crippen MR) is 113 cm³/mol. The highest BCUT2D eigenvalue weighted by Crippen LogP contribution is 2.19. The van der Waals surface area contributed by atoms with Crippen molar-refractivity contribution >= 4 is 11.7 Å². The summed E-state index contributed by atoms with van der Waals surface area (Å²) in [7, 11) is 1.77. The maximum absolute atomic E-state index is 13.9. The van der Waals surface area contributed by atoms with Crippen LogP contribution in [0, 0.1) is 5.82 Å². The van der Waals surface area contributed by atoms with Gasteiger partial charge in [0.1, 0.15) is 17.3 Å². The molecule has 1 aromatic heterocycles. The van der Waals surface area contributed by atoms with Crippen molar-refractivity contribution in [3.05, 3.63) is 77.7 Å². The Kier molecular flexibility index (Phi) is 6.89. The molecule has 0 radical (unpaired) electrons. The van der Waals surface area contributed by atoms with Crippen LogP contribution in [-0.4, -0.2) is 34.4 Å². The van der Waals surface area contributed by atoms with Gasteiger partial charge in [0.2, 0.25) is 0 Å². The predicted octanol–water partition coefficient (Wildman–Crippen LogP) is 4.77. The number of carbonyl (C=O) groups excluding carboxylic acids is 1. The van der Waals surface area contributed by atoms with Crippen LogP contribution in [0.5, 0.6) is 0 Å². The SMILES string of the molecule is CCCCN(C)C(=O)c1cc(NCc2ccccc2F)nc(-c2ccccc2)n1. The van der Waals surface area contributed by atoms with E-state index < -0.39 is 0 Å². The second-order valence-corrected chi connectivity index (χ2v) is 6.85. The van der Waals surface area contributed by atoms with Gasteiger partial charge in [-0.3, -0.25) is 4.79 Å². The van der Waals surface area contributed by atoms with Crippen LogP contribution in [0.4, 0.5) is 10.2 Å². The number of rotatable bonds is 8. The van der Waals surface area contributed by atoms with Gasteiger partial charge in [-0.25, -0.2) is 14.4 Å². The molecule has 1 heterocycles. The highest BCUT2D eigenvalue weighted by molar-refractivity contribution is 5.93. The van der Waals surface area contributed by atoms with Gasteiger partial charge >= 0.3 is 0 Å². The van der Waals surface area contributed by atoms with Crippen LogP contribution in [0.15, 0.2) is 60.7 Å². The van der Waals surface area contributed by atoms with Gasteiger partial charge in [-0.2, -0.15) is 0 Å². The monoisotopic (exact) mass is 392 g/mol. The number of nitrogens with one attached hydrogen (secondary N) is 1. The van der Waals surface area contributed by atoms with E-state index in [1.54, 1.807) is 36.2 Å². The van der Waals surface area contributed by atoms with E-state index in [1.165, 1.54) is 6.07 Å². The van der Waals surface area contributed by atoms with Crippen molar-refractivity contribution in [1.82, 2.24) is 14.9 Å². The van der Waals surface area contributed by atoms with Crippen molar-refractivity contribution in [3.8, 4) is 11.4 Å². The number of hydrogen-bond donors (Lipinski definition) is 1. The summed E-state index contributed by atoms with van der Waals surface area (Å²) in [5, 5.41) is 3.13. The highest BCUT2D eigenvalue weighted by atomic mass is 19.1. The van der Waals surface area contributed by atoms with E-state index in [0.717, 1.165) is 18.4 Å². The number of nitrogens with zero attached hydrogens (tertiary/aromatic N) is 3. The molecule has 0 bridgehead atoms. The van der Waals surface area contributed by atoms with Crippen molar-refractivity contribution in [2.75, 3.05) is 18.9 Å². The van der Waals surface area contributed by atoms with Crippen LogP contribution in [0.25, 0.3) is 11.4 Å². The number of anilines is 1. The van der Waals surface area contributed by atoms with E-state index in [0.29, 0.717) is 29.4 Å². The molecule has 2 aromatic carbocycles. The van der Waals surface area contributed by atoms with Crippen LogP contribution in [-0.2, 0) is 6.54 Å². The summed E-state index contributed by atoms with van der Waals surface area (Å²) in [6, 6.07) is 17.7. The van der Waals surface area contributed by atoms with Gasteiger partial charge in [0, 0.05) is 37.3 Å². The van der Waals surface area contributed by atoms with Gasteiger partial charge in [0.25, 0.3) is 5.91 Å². The van der Waals surface area contributed by atoms with Crippen molar-refractivity contribution in [3.63, 3.8) is 0 Å². The van der Waals surface area contributed by atoms with Gasteiger partial charge in [0.05, 0.1) is 0 Å². The summed E-state index contributed by atoms with van der Waals surface area (Å²) in [6.45, 7) is 3.01. The fourth-order valence-electron chi connectivity index (χ4n) is 2.88. The summed E-state index contributed by atoms with van der Waals surface area (Å²) in [6.07, 6.45) is 1.93. The maximum Gasteiger partial charge on any atom is 0.272 e. The maximum atomic E-state index is 13.9. The lowest BCUT2D eigenvalue weighted by Crippen LogP contribution is -2.28. The quantitative estimate of drug-likeness (QED) is 0.600. The van der Waals surface area contributed by atoms with Crippen molar-refractivity contribution < 1.29 is 9.18 Å². The molecule has 0 atom stereocenters. The molecule has 1 amide bonds. The third-order valence-electron chi connectivity index (χ3n) is 4.59. The third kappa shape index (κ3) is 5.38. The zero-order chi connectivity index (χ0) is 20.6. The first kappa shape index (κ1) is 20.5. The number of hydrogen-bond acceptors (Lipinski definition) is 4. The minimum Gasteiger partial charge on any atom is -0.366 e. The molecule has 0 aliphatic heterocycles. The molecule has 0 saturated heterocycles. The second kappa shape index (κ2) is 9.78. The topological polar surface area (TPSA) is 58.1 Å². The van der Waals surface area contributed by atoms with E-state index >= 15 is 0 Å². The van der Waals surface area contributed by atoms with E-state index in [4.69, 9.17) is 0 Å². The van der Waals surface area contributed by atoms with Gasteiger partial charge in [-0.15, -0.1) is 0 Å². The smallest absolute Gasteiger partial charge is 0.272 e. The first-order valence-electron chi connectivity index (χ1n) is 9.75. The molecule has 0 aliphatic rings. The van der Waals surface area contributed by atoms with E-state index in [2.05, 4.69) is 22.2 Å². The summed E-state index contributed by atoms with van der Waals surface area (Å²) in [4.78, 5) is 23.6. The van der Waals surface area contributed by atoms with Gasteiger partial charge < -0.3 is 10.2 Å². The van der Waals surface area contributed by atoms with Crippen LogP contribution in [0.3, 0.4) is 0 Å². The van der Waals surface area contributed by atoms with E-state index in [1.807, 2.05) is 30.3 Å². The summed E-state index contributed by atoms with van der Waals surface area (Å²) in [5.41, 5.74) is 1.65. The normalized spacial score (nSPS) is 10.6. The molecule has 1 N–H and O–H groups in total. The molecule has 5 nitrogen and oxygen atoms in total. The number of halogens is 1. The molecule has 0 spiro atoms. The van der Waals surface area contributed by atoms with E-state index in [9.17, 15) is 9.18 Å². The Balaban J connectivity index is 1.90. The Labute approximate surface area is 170 Å². The van der Waals surface area contributed by atoms with Gasteiger partial charge in [0.15, 0.2) is 5.82 Å². The molecule has 0 saturated carbocycles. The van der Waals surface area contributed by atoms with Gasteiger partial charge in [-0.1, -0.05) is 61.9 Å². The first-order chi connectivity index (χ1) is 14.1. The molecule has 150 valence electrons. The summed E-state index contributed by atoms with van der Waals surface area (Å²) < 4.78 is 13.9. The van der Waals surface area contributed by atoms with Crippen molar-refractivity contribution in [2.45, 2.75) is 26.3 Å². The standard InChI is InChI=1S/C23H25FN4O/c1-3-4-14-28(2)23(29)20-15-21(25-16-18-12-8-9-13-19(18)24)27-22(26-20)17-10-6-5-7-11-17/h5-13,15H,3-4,14,16H2,1-2H3,(H,25,26,27). The molecule has 0 aliphatic carbocycles. The molecule has 0 fully saturated rings. The molecule has 0 unspecified atom stereocenters. The molecule has 3 aromatic rings. The van der Waals surface area contributed by atoms with Crippen LogP contribution in [0.2, 0.25) is 0 Å². The van der Waals surface area contributed by atoms with Crippen LogP contribution >= 0.6 is 0 Å². The summed E-state index contributed by atoms with van der Waals surface area (Å²) in [5.74, 6) is 0.491. The number of unbranched alkanes of at least 4 members (excludes halogenated alkanes) is 1. The minimum atomic E-state index is -0.284. The summed E-state index contributed by atoms with van der Waals surface area (Å²) >= 11 is 0. The number of carbonyl (C=O) groups is 1. The molecule has 6 heteroatoms. The van der Waals surface area contributed by atoms with E-state index in [-0.39, 0.29) is 18.3 Å². The first-order valence-corrected chi connectivity index (χ1v) is 9.75. The van der Waals surface area contributed by atoms with Crippen molar-refractivity contribution in [1.29, 1.82) is 0 Å². The Morgan fingerprint density at radius 3 is 2.52 bits per heavy atom. The largest absolute Gasteiger partial charge is 0.366 e. The lowest BCUT2D eigenvalue weighted by molar-refractivity contribution is 0.0787. The highest BCUT2D eigenvalue weighted by Gasteiger charge is 2.17. The molecular formula is C23H25FN4O. The average Bonchev–Trinajstić information content (AvgIpc) is 2.76. The lowest BCUT2D eigenvalue weighted by Gasteiger charge is -2.17. The zero-order valence-corrected chi connectivity index (χ0v) is 16.7. The lowest BCUT2D eigenvalue weighted by atomic mass is 10.2. The fraction of sp³-hybridized carbons (Fsp3) is 0.261. The Morgan fingerprint density at radius 2 is 1.79 bits per heavy atom. The molecule has 29 heavy (non-hydrogen) atoms. The Hall–Kier alpha value is -3.28. The van der Waals surface area contributed by atoms with Gasteiger partial charge in [-0.05, 0) is 12.5 Å². The zero-order valence-electron chi connectivity index (χ0n) is 16.7. The minimum absolute atomic E-state index is 0.160. The molecular weight excluding hydrogens is 367 g/mol. The number of amides is 1. The van der Waals surface area contributed by atoms with Crippen LogP contribution in [0.1, 0.15) is 35.8 Å². The average molecular weight is 392 g/mol. The van der Waals surface area contributed by atoms with Crippen LogP contribution < -0.4 is 5.32 Å². The third-order valence-corrected chi connectivity index (χ3v) is 4.59. The number of aromatic nitrogens is 2. The number of benzene rings is 2. The Bertz CT molecular complexity index is 962. The van der Waals surface area contributed by atoms with Crippen molar-refractivity contribution in [2.24, 2.45) is 0 Å². The second-order valence-electron chi connectivity index (χ2n) is 6.85. The fourth-order valence-corrected chi connectivity index (χ4v) is 2.88. The Morgan fingerprint density at radius 1 is 1.07 bits per heavy atom. The molecule has 3 rings (SSSR count).